The molecule has 0 saturated carbocycles. The molecule has 1 aromatic carbocycles. The number of benzene rings is 1. The summed E-state index contributed by atoms with van der Waals surface area (Å²) in [7, 11) is 0. The Labute approximate surface area is 146 Å². The topological polar surface area (TPSA) is 49.6 Å². The third kappa shape index (κ3) is 5.44. The summed E-state index contributed by atoms with van der Waals surface area (Å²) in [5, 5.41) is 0. The number of halogens is 3. The first kappa shape index (κ1) is 19.7. The van der Waals surface area contributed by atoms with Gasteiger partial charge in [0.25, 0.3) is 0 Å². The standard InChI is InChI=1S/C18H26F3N3O/c1-13(2)16(22)17(25)24-9-3-8-23(10-11-24)12-14-4-6-15(7-5-14)18(19,20)21/h4-7,13,16H,3,8-12,22H2,1-2H3/t16-/m0/s1. The minimum Gasteiger partial charge on any atom is -0.340 e. The number of carbonyl (C=O) groups is 1. The van der Waals surface area contributed by atoms with Crippen LogP contribution in [0.1, 0.15) is 31.4 Å². The first-order valence-electron chi connectivity index (χ1n) is 8.61. The Kier molecular flexibility index (Phi) is 6.46. The molecular weight excluding hydrogens is 331 g/mol. The lowest BCUT2D eigenvalue weighted by atomic mass is 10.0. The van der Waals surface area contributed by atoms with Crippen LogP contribution in [0.3, 0.4) is 0 Å². The van der Waals surface area contributed by atoms with Gasteiger partial charge in [0.2, 0.25) is 5.91 Å². The molecule has 7 heteroatoms. The molecule has 1 aromatic rings. The van der Waals surface area contributed by atoms with E-state index in [1.165, 1.54) is 12.1 Å². The summed E-state index contributed by atoms with van der Waals surface area (Å²) in [5.74, 6) is 0.0744. The van der Waals surface area contributed by atoms with Gasteiger partial charge in [-0.2, -0.15) is 13.2 Å². The molecular formula is C18H26F3N3O. The van der Waals surface area contributed by atoms with Crippen molar-refractivity contribution in [2.75, 3.05) is 26.2 Å². The summed E-state index contributed by atoms with van der Waals surface area (Å²) in [6.45, 7) is 7.20. The lowest BCUT2D eigenvalue weighted by Crippen LogP contribution is -2.47. The summed E-state index contributed by atoms with van der Waals surface area (Å²) in [6.07, 6.45) is -3.48. The molecule has 1 aliphatic heterocycles. The minimum absolute atomic E-state index is 0.0219. The summed E-state index contributed by atoms with van der Waals surface area (Å²) in [6, 6.07) is 4.78. The Morgan fingerprint density at radius 3 is 2.32 bits per heavy atom. The molecule has 0 radical (unpaired) electrons. The van der Waals surface area contributed by atoms with Crippen molar-refractivity contribution in [2.45, 2.75) is 39.0 Å². The summed E-state index contributed by atoms with van der Waals surface area (Å²) < 4.78 is 37.8. The van der Waals surface area contributed by atoms with Crippen LogP contribution in [0.25, 0.3) is 0 Å². The van der Waals surface area contributed by atoms with E-state index < -0.39 is 17.8 Å². The largest absolute Gasteiger partial charge is 0.416 e. The van der Waals surface area contributed by atoms with Crippen LogP contribution >= 0.6 is 0 Å². The van der Waals surface area contributed by atoms with Crippen LogP contribution in [-0.4, -0.2) is 47.9 Å². The predicted octanol–water partition coefficient (Wildman–Crippen LogP) is 2.72. The molecule has 0 bridgehead atoms. The van der Waals surface area contributed by atoms with Crippen molar-refractivity contribution < 1.29 is 18.0 Å². The number of nitrogens with two attached hydrogens (primary N) is 1. The van der Waals surface area contributed by atoms with Gasteiger partial charge in [0, 0.05) is 32.7 Å². The fraction of sp³-hybridized carbons (Fsp3) is 0.611. The monoisotopic (exact) mass is 357 g/mol. The number of rotatable bonds is 4. The minimum atomic E-state index is -4.31. The van der Waals surface area contributed by atoms with Gasteiger partial charge < -0.3 is 10.6 Å². The molecule has 0 aromatic heterocycles. The van der Waals surface area contributed by atoms with E-state index in [0.29, 0.717) is 26.2 Å². The maximum atomic E-state index is 12.6. The molecule has 1 heterocycles. The molecule has 1 fully saturated rings. The van der Waals surface area contributed by atoms with Gasteiger partial charge in [-0.05, 0) is 30.0 Å². The number of hydrogen-bond donors (Lipinski definition) is 1. The quantitative estimate of drug-likeness (QED) is 0.901. The number of amides is 1. The van der Waals surface area contributed by atoms with E-state index in [1.54, 1.807) is 4.90 Å². The SMILES string of the molecule is CC(C)[C@H](N)C(=O)N1CCCN(Cc2ccc(C(F)(F)F)cc2)CC1. The molecule has 4 nitrogen and oxygen atoms in total. The second kappa shape index (κ2) is 8.19. The fourth-order valence-corrected chi connectivity index (χ4v) is 2.90. The molecule has 1 saturated heterocycles. The number of carbonyl (C=O) groups excluding carboxylic acids is 1. The zero-order valence-corrected chi connectivity index (χ0v) is 14.7. The molecule has 2 N–H and O–H groups in total. The van der Waals surface area contributed by atoms with E-state index in [0.717, 1.165) is 30.7 Å². The van der Waals surface area contributed by atoms with E-state index >= 15 is 0 Å². The van der Waals surface area contributed by atoms with Crippen molar-refractivity contribution in [3.63, 3.8) is 0 Å². The second-order valence-electron chi connectivity index (χ2n) is 6.92. The molecule has 1 aliphatic rings. The number of hydrogen-bond acceptors (Lipinski definition) is 3. The molecule has 0 spiro atoms. The van der Waals surface area contributed by atoms with E-state index in [-0.39, 0.29) is 11.8 Å². The van der Waals surface area contributed by atoms with Crippen molar-refractivity contribution in [1.29, 1.82) is 0 Å². The maximum Gasteiger partial charge on any atom is 0.416 e. The van der Waals surface area contributed by atoms with Gasteiger partial charge in [-0.1, -0.05) is 26.0 Å². The first-order chi connectivity index (χ1) is 11.7. The van der Waals surface area contributed by atoms with Crippen LogP contribution in [0.5, 0.6) is 0 Å². The van der Waals surface area contributed by atoms with Gasteiger partial charge in [0.05, 0.1) is 11.6 Å². The zero-order chi connectivity index (χ0) is 18.6. The molecule has 0 unspecified atom stereocenters. The van der Waals surface area contributed by atoms with Gasteiger partial charge in [0.1, 0.15) is 0 Å². The van der Waals surface area contributed by atoms with Crippen molar-refractivity contribution in [1.82, 2.24) is 9.80 Å². The van der Waals surface area contributed by atoms with E-state index in [2.05, 4.69) is 4.90 Å². The third-order valence-corrected chi connectivity index (χ3v) is 4.59. The van der Waals surface area contributed by atoms with E-state index in [9.17, 15) is 18.0 Å². The average Bonchev–Trinajstić information content (AvgIpc) is 2.78. The highest BCUT2D eigenvalue weighted by atomic mass is 19.4. The molecule has 25 heavy (non-hydrogen) atoms. The molecule has 1 amide bonds. The van der Waals surface area contributed by atoms with Gasteiger partial charge in [0.15, 0.2) is 0 Å². The predicted molar refractivity (Wildman–Crippen MR) is 90.7 cm³/mol. The van der Waals surface area contributed by atoms with Crippen LogP contribution < -0.4 is 5.73 Å². The molecule has 1 atom stereocenters. The highest BCUT2D eigenvalue weighted by Gasteiger charge is 2.30. The molecule has 140 valence electrons. The molecule has 2 rings (SSSR count). The van der Waals surface area contributed by atoms with Gasteiger partial charge in [-0.3, -0.25) is 9.69 Å². The fourth-order valence-electron chi connectivity index (χ4n) is 2.90. The highest BCUT2D eigenvalue weighted by Crippen LogP contribution is 2.29. The van der Waals surface area contributed by atoms with Crippen LogP contribution in [0, 0.1) is 5.92 Å². The normalized spacial score (nSPS) is 18.3. The van der Waals surface area contributed by atoms with Gasteiger partial charge >= 0.3 is 6.18 Å². The lowest BCUT2D eigenvalue weighted by molar-refractivity contribution is -0.137. The number of alkyl halides is 3. The lowest BCUT2D eigenvalue weighted by Gasteiger charge is -2.26. The zero-order valence-electron chi connectivity index (χ0n) is 14.7. The van der Waals surface area contributed by atoms with Crippen LogP contribution in [0.4, 0.5) is 13.2 Å². The Bertz CT molecular complexity index is 572. The van der Waals surface area contributed by atoms with Gasteiger partial charge in [-0.15, -0.1) is 0 Å². The van der Waals surface area contributed by atoms with E-state index in [4.69, 9.17) is 5.73 Å². The van der Waals surface area contributed by atoms with Gasteiger partial charge in [-0.25, -0.2) is 0 Å². The average molecular weight is 357 g/mol. The van der Waals surface area contributed by atoms with Crippen molar-refractivity contribution >= 4 is 5.91 Å². The van der Waals surface area contributed by atoms with E-state index in [1.807, 2.05) is 13.8 Å². The smallest absolute Gasteiger partial charge is 0.340 e. The highest BCUT2D eigenvalue weighted by molar-refractivity contribution is 5.81. The summed E-state index contributed by atoms with van der Waals surface area (Å²) in [4.78, 5) is 16.3. The van der Waals surface area contributed by atoms with Crippen LogP contribution in [0.15, 0.2) is 24.3 Å². The molecule has 0 aliphatic carbocycles. The maximum absolute atomic E-state index is 12.6. The van der Waals surface area contributed by atoms with Crippen molar-refractivity contribution in [3.05, 3.63) is 35.4 Å². The Morgan fingerprint density at radius 2 is 1.76 bits per heavy atom. The Balaban J connectivity index is 1.92. The Morgan fingerprint density at radius 1 is 1.12 bits per heavy atom. The van der Waals surface area contributed by atoms with Crippen LogP contribution in [-0.2, 0) is 17.5 Å². The summed E-state index contributed by atoms with van der Waals surface area (Å²) in [5.41, 5.74) is 6.16. The number of nitrogens with zero attached hydrogens (tertiary/aromatic N) is 2. The van der Waals surface area contributed by atoms with Crippen molar-refractivity contribution in [2.24, 2.45) is 11.7 Å². The van der Waals surface area contributed by atoms with Crippen LogP contribution in [0.2, 0.25) is 0 Å². The first-order valence-corrected chi connectivity index (χ1v) is 8.61. The Hall–Kier alpha value is -1.60. The van der Waals surface area contributed by atoms with Crippen molar-refractivity contribution in [3.8, 4) is 0 Å². The second-order valence-corrected chi connectivity index (χ2v) is 6.92. The summed E-state index contributed by atoms with van der Waals surface area (Å²) >= 11 is 0. The third-order valence-electron chi connectivity index (χ3n) is 4.59.